The third-order valence-corrected chi connectivity index (χ3v) is 4.58. The molecule has 142 valence electrons. The van der Waals surface area contributed by atoms with Gasteiger partial charge in [0.2, 0.25) is 0 Å². The predicted octanol–water partition coefficient (Wildman–Crippen LogP) is 4.20. The molecule has 3 aromatic rings. The highest BCUT2D eigenvalue weighted by atomic mass is 19.1. The lowest BCUT2D eigenvalue weighted by atomic mass is 10.0. The highest BCUT2D eigenvalue weighted by Crippen LogP contribution is 2.24. The van der Waals surface area contributed by atoms with E-state index in [1.54, 1.807) is 25.3 Å². The van der Waals surface area contributed by atoms with Gasteiger partial charge in [0, 0.05) is 38.2 Å². The topological polar surface area (TPSA) is 42.7 Å². The molecular weight excluding hydrogens is 345 g/mol. The van der Waals surface area contributed by atoms with Crippen LogP contribution in [0.5, 0.6) is 0 Å². The molecule has 3 rings (SSSR count). The minimum absolute atomic E-state index is 0.250. The van der Waals surface area contributed by atoms with Crippen molar-refractivity contribution in [3.05, 3.63) is 81.0 Å². The summed E-state index contributed by atoms with van der Waals surface area (Å²) in [5.74, 6) is -0.250. The first kappa shape index (κ1) is 19.3. The molecule has 0 fully saturated rings. The molecule has 1 heterocycles. The summed E-state index contributed by atoms with van der Waals surface area (Å²) in [6.45, 7) is 6.45. The molecule has 1 aromatic heterocycles. The van der Waals surface area contributed by atoms with E-state index in [2.05, 4.69) is 4.90 Å². The van der Waals surface area contributed by atoms with Gasteiger partial charge in [-0.05, 0) is 54.3 Å². The van der Waals surface area contributed by atoms with Crippen molar-refractivity contribution in [2.24, 2.45) is 0 Å². The molecule has 5 heteroatoms. The van der Waals surface area contributed by atoms with Gasteiger partial charge in [-0.1, -0.05) is 18.2 Å². The standard InChI is InChI=1S/C22H24FNO3/c1-15-10-16(2)22-20(11-15)18(12-21(25)27-22)14-24(8-9-26-3)13-17-4-6-19(23)7-5-17/h4-7,10-12H,8-9,13-14H2,1-3H3. The molecule has 0 aliphatic heterocycles. The maximum Gasteiger partial charge on any atom is 0.336 e. The van der Waals surface area contributed by atoms with Gasteiger partial charge in [0.25, 0.3) is 0 Å². The highest BCUT2D eigenvalue weighted by Gasteiger charge is 2.13. The number of benzene rings is 2. The van der Waals surface area contributed by atoms with Crippen LogP contribution in [0.1, 0.15) is 22.3 Å². The summed E-state index contributed by atoms with van der Waals surface area (Å²) in [5.41, 5.74) is 4.29. The first-order chi connectivity index (χ1) is 13.0. The predicted molar refractivity (Wildman–Crippen MR) is 104 cm³/mol. The van der Waals surface area contributed by atoms with Crippen LogP contribution in [0.4, 0.5) is 4.39 Å². The zero-order valence-corrected chi connectivity index (χ0v) is 15.9. The Morgan fingerprint density at radius 1 is 1.07 bits per heavy atom. The largest absolute Gasteiger partial charge is 0.422 e. The average molecular weight is 369 g/mol. The smallest absolute Gasteiger partial charge is 0.336 e. The van der Waals surface area contributed by atoms with Crippen LogP contribution in [0.15, 0.2) is 51.7 Å². The molecule has 0 amide bonds. The molecule has 0 spiro atoms. The van der Waals surface area contributed by atoms with E-state index in [1.165, 1.54) is 12.1 Å². The summed E-state index contributed by atoms with van der Waals surface area (Å²) in [5, 5.41) is 0.952. The first-order valence-electron chi connectivity index (χ1n) is 8.96. The number of rotatable bonds is 7. The summed E-state index contributed by atoms with van der Waals surface area (Å²) in [7, 11) is 1.66. The number of hydrogen-bond donors (Lipinski definition) is 0. The normalized spacial score (nSPS) is 11.4. The molecule has 0 aliphatic rings. The van der Waals surface area contributed by atoms with Crippen LogP contribution < -0.4 is 5.63 Å². The van der Waals surface area contributed by atoms with Crippen LogP contribution in [0.2, 0.25) is 0 Å². The second-order valence-electron chi connectivity index (χ2n) is 6.88. The van der Waals surface area contributed by atoms with E-state index >= 15 is 0 Å². The van der Waals surface area contributed by atoms with Crippen LogP contribution in [-0.4, -0.2) is 25.2 Å². The van der Waals surface area contributed by atoms with E-state index in [9.17, 15) is 9.18 Å². The van der Waals surface area contributed by atoms with Crippen molar-refractivity contribution in [3.63, 3.8) is 0 Å². The van der Waals surface area contributed by atoms with Crippen molar-refractivity contribution in [3.8, 4) is 0 Å². The van der Waals surface area contributed by atoms with Crippen LogP contribution in [0.25, 0.3) is 11.0 Å². The number of fused-ring (bicyclic) bond motifs is 1. The minimum atomic E-state index is -0.349. The molecule has 0 saturated carbocycles. The van der Waals surface area contributed by atoms with E-state index in [-0.39, 0.29) is 11.4 Å². The number of hydrogen-bond acceptors (Lipinski definition) is 4. The average Bonchev–Trinajstić information content (AvgIpc) is 2.62. The van der Waals surface area contributed by atoms with Gasteiger partial charge in [-0.2, -0.15) is 0 Å². The fraction of sp³-hybridized carbons (Fsp3) is 0.318. The lowest BCUT2D eigenvalue weighted by Gasteiger charge is -2.23. The Kier molecular flexibility index (Phi) is 6.04. The Hall–Kier alpha value is -2.50. The third kappa shape index (κ3) is 4.81. The molecule has 0 unspecified atom stereocenters. The molecule has 0 bridgehead atoms. The maximum atomic E-state index is 13.2. The van der Waals surface area contributed by atoms with Gasteiger partial charge in [-0.25, -0.2) is 9.18 Å². The molecule has 27 heavy (non-hydrogen) atoms. The number of methoxy groups -OCH3 is 1. The molecule has 0 atom stereocenters. The van der Waals surface area contributed by atoms with E-state index < -0.39 is 0 Å². The Morgan fingerprint density at radius 3 is 2.52 bits per heavy atom. The summed E-state index contributed by atoms with van der Waals surface area (Å²) >= 11 is 0. The van der Waals surface area contributed by atoms with Crippen molar-refractivity contribution >= 4 is 11.0 Å². The SMILES string of the molecule is COCCN(Cc1ccc(F)cc1)Cc1cc(=O)oc2c(C)cc(C)cc12. The van der Waals surface area contributed by atoms with Crippen molar-refractivity contribution in [2.45, 2.75) is 26.9 Å². The zero-order valence-electron chi connectivity index (χ0n) is 15.9. The van der Waals surface area contributed by atoms with Crippen LogP contribution in [-0.2, 0) is 17.8 Å². The summed E-state index contributed by atoms with van der Waals surface area (Å²) in [4.78, 5) is 14.3. The van der Waals surface area contributed by atoms with Gasteiger partial charge in [-0.3, -0.25) is 4.90 Å². The second-order valence-corrected chi connectivity index (χ2v) is 6.88. The van der Waals surface area contributed by atoms with Gasteiger partial charge in [0.15, 0.2) is 0 Å². The lowest BCUT2D eigenvalue weighted by Crippen LogP contribution is -2.27. The zero-order chi connectivity index (χ0) is 19.4. The Bertz CT molecular complexity index is 979. The molecule has 2 aromatic carbocycles. The quantitative estimate of drug-likeness (QED) is 0.586. The first-order valence-corrected chi connectivity index (χ1v) is 8.96. The lowest BCUT2D eigenvalue weighted by molar-refractivity contribution is 0.140. The van der Waals surface area contributed by atoms with Gasteiger partial charge < -0.3 is 9.15 Å². The van der Waals surface area contributed by atoms with Crippen molar-refractivity contribution < 1.29 is 13.5 Å². The van der Waals surface area contributed by atoms with Gasteiger partial charge in [0.1, 0.15) is 11.4 Å². The Balaban J connectivity index is 1.95. The van der Waals surface area contributed by atoms with Crippen LogP contribution >= 0.6 is 0 Å². The molecular formula is C22H24FNO3. The third-order valence-electron chi connectivity index (χ3n) is 4.58. The van der Waals surface area contributed by atoms with Gasteiger partial charge in [0.05, 0.1) is 6.61 Å². The van der Waals surface area contributed by atoms with E-state index in [0.29, 0.717) is 31.8 Å². The fourth-order valence-electron chi connectivity index (χ4n) is 3.33. The fourth-order valence-corrected chi connectivity index (χ4v) is 3.33. The van der Waals surface area contributed by atoms with Crippen LogP contribution in [0.3, 0.4) is 0 Å². The monoisotopic (exact) mass is 369 g/mol. The van der Waals surface area contributed by atoms with Gasteiger partial charge in [-0.15, -0.1) is 0 Å². The summed E-state index contributed by atoms with van der Waals surface area (Å²) in [6, 6.07) is 12.1. The Labute approximate surface area is 158 Å². The van der Waals surface area contributed by atoms with Gasteiger partial charge >= 0.3 is 5.63 Å². The van der Waals surface area contributed by atoms with Crippen molar-refractivity contribution in [1.82, 2.24) is 4.90 Å². The van der Waals surface area contributed by atoms with E-state index in [0.717, 1.165) is 27.6 Å². The molecule has 0 aliphatic carbocycles. The van der Waals surface area contributed by atoms with Crippen molar-refractivity contribution in [2.75, 3.05) is 20.3 Å². The number of nitrogens with zero attached hydrogens (tertiary/aromatic N) is 1. The number of aryl methyl sites for hydroxylation is 2. The number of ether oxygens (including phenoxy) is 1. The second kappa shape index (κ2) is 8.46. The van der Waals surface area contributed by atoms with Crippen molar-refractivity contribution in [1.29, 1.82) is 0 Å². The molecule has 4 nitrogen and oxygen atoms in total. The highest BCUT2D eigenvalue weighted by molar-refractivity contribution is 5.83. The Morgan fingerprint density at radius 2 is 1.81 bits per heavy atom. The minimum Gasteiger partial charge on any atom is -0.422 e. The summed E-state index contributed by atoms with van der Waals surface area (Å²) in [6.07, 6.45) is 0. The van der Waals surface area contributed by atoms with E-state index in [4.69, 9.17) is 9.15 Å². The molecule has 0 N–H and O–H groups in total. The summed E-state index contributed by atoms with van der Waals surface area (Å²) < 4.78 is 23.9. The van der Waals surface area contributed by atoms with Crippen LogP contribution in [0, 0.1) is 19.7 Å². The molecule has 0 saturated heterocycles. The number of halogens is 1. The van der Waals surface area contributed by atoms with E-state index in [1.807, 2.05) is 26.0 Å². The molecule has 0 radical (unpaired) electrons. The maximum absolute atomic E-state index is 13.2.